The number of amides is 2. The largest absolute Gasteiger partial charge is 0.444 e. The second-order valence-corrected chi connectivity index (χ2v) is 3.24. The Hall–Kier alpha value is -1.30. The van der Waals surface area contributed by atoms with E-state index in [4.69, 9.17) is 4.42 Å². The molecule has 1 aromatic rings. The summed E-state index contributed by atoms with van der Waals surface area (Å²) in [7, 11) is 1.50. The van der Waals surface area contributed by atoms with Crippen LogP contribution in [0.3, 0.4) is 0 Å². The summed E-state index contributed by atoms with van der Waals surface area (Å²) >= 11 is 3.07. The van der Waals surface area contributed by atoms with Crippen LogP contribution in [0.15, 0.2) is 21.2 Å². The van der Waals surface area contributed by atoms with Gasteiger partial charge in [0, 0.05) is 7.05 Å². The Morgan fingerprint density at radius 1 is 1.50 bits per heavy atom. The fourth-order valence-corrected chi connectivity index (χ4v) is 1.08. The molecule has 1 heterocycles. The summed E-state index contributed by atoms with van der Waals surface area (Å²) in [5.74, 6) is -0.510. The van der Waals surface area contributed by atoms with Gasteiger partial charge < -0.3 is 15.1 Å². The zero-order valence-electron chi connectivity index (χ0n) is 7.46. The van der Waals surface area contributed by atoms with Crippen molar-refractivity contribution in [1.82, 2.24) is 10.6 Å². The number of hydrogen-bond acceptors (Lipinski definition) is 3. The monoisotopic (exact) mass is 260 g/mol. The number of hydrogen-bond donors (Lipinski definition) is 2. The van der Waals surface area contributed by atoms with Crippen LogP contribution in [-0.2, 0) is 4.79 Å². The van der Waals surface area contributed by atoms with Crippen molar-refractivity contribution in [2.45, 2.75) is 0 Å². The molecule has 0 saturated heterocycles. The highest BCUT2D eigenvalue weighted by Gasteiger charge is 2.10. The minimum Gasteiger partial charge on any atom is -0.444 e. The second-order valence-electron chi connectivity index (χ2n) is 2.46. The summed E-state index contributed by atoms with van der Waals surface area (Å²) in [4.78, 5) is 22.1. The van der Waals surface area contributed by atoms with Gasteiger partial charge in [0.2, 0.25) is 5.91 Å². The lowest BCUT2D eigenvalue weighted by Gasteiger charge is -2.00. The summed E-state index contributed by atoms with van der Waals surface area (Å²) in [6.45, 7) is -0.0619. The standard InChI is InChI=1S/C8H9BrN2O3/c1-10-7(12)4-11-8(13)5-2-3-6(9)14-5/h2-3H,4H2,1H3,(H,10,12)(H,11,13). The fourth-order valence-electron chi connectivity index (χ4n) is 0.772. The van der Waals surface area contributed by atoms with Crippen molar-refractivity contribution in [2.24, 2.45) is 0 Å². The number of halogens is 1. The summed E-state index contributed by atoms with van der Waals surface area (Å²) in [5.41, 5.74) is 0. The number of likely N-dealkylation sites (N-methyl/N-ethyl adjacent to an activating group) is 1. The maximum Gasteiger partial charge on any atom is 0.287 e. The predicted octanol–water partition coefficient (Wildman–Crippen LogP) is 0.518. The van der Waals surface area contributed by atoms with Gasteiger partial charge in [-0.2, -0.15) is 0 Å². The van der Waals surface area contributed by atoms with E-state index in [1.54, 1.807) is 6.07 Å². The van der Waals surface area contributed by atoms with E-state index in [1.165, 1.54) is 13.1 Å². The van der Waals surface area contributed by atoms with Gasteiger partial charge in [0.15, 0.2) is 10.4 Å². The predicted molar refractivity (Wildman–Crippen MR) is 52.8 cm³/mol. The molecule has 0 aliphatic heterocycles. The van der Waals surface area contributed by atoms with Crippen molar-refractivity contribution < 1.29 is 14.0 Å². The van der Waals surface area contributed by atoms with Crippen LogP contribution in [0.5, 0.6) is 0 Å². The third kappa shape index (κ3) is 2.88. The highest BCUT2D eigenvalue weighted by atomic mass is 79.9. The van der Waals surface area contributed by atoms with E-state index in [0.717, 1.165) is 0 Å². The van der Waals surface area contributed by atoms with E-state index in [0.29, 0.717) is 4.67 Å². The number of rotatable bonds is 3. The molecule has 0 spiro atoms. The van der Waals surface area contributed by atoms with E-state index in [9.17, 15) is 9.59 Å². The minimum atomic E-state index is -0.417. The van der Waals surface area contributed by atoms with E-state index in [-0.39, 0.29) is 18.2 Å². The molecular formula is C8H9BrN2O3. The van der Waals surface area contributed by atoms with E-state index in [2.05, 4.69) is 26.6 Å². The molecule has 0 saturated carbocycles. The molecule has 0 aliphatic carbocycles. The molecule has 0 atom stereocenters. The van der Waals surface area contributed by atoms with Crippen LogP contribution >= 0.6 is 15.9 Å². The normalized spacial score (nSPS) is 9.57. The third-order valence-electron chi connectivity index (χ3n) is 1.49. The van der Waals surface area contributed by atoms with Crippen LogP contribution in [0.4, 0.5) is 0 Å². The van der Waals surface area contributed by atoms with Crippen molar-refractivity contribution in [3.8, 4) is 0 Å². The average Bonchev–Trinajstić information content (AvgIpc) is 2.60. The molecule has 2 N–H and O–H groups in total. The average molecular weight is 261 g/mol. The first-order chi connectivity index (χ1) is 6.63. The van der Waals surface area contributed by atoms with Gasteiger partial charge in [-0.15, -0.1) is 0 Å². The zero-order chi connectivity index (χ0) is 10.6. The number of furan rings is 1. The van der Waals surface area contributed by atoms with Crippen molar-refractivity contribution in [3.05, 3.63) is 22.6 Å². The smallest absolute Gasteiger partial charge is 0.287 e. The van der Waals surface area contributed by atoms with E-state index < -0.39 is 5.91 Å². The third-order valence-corrected chi connectivity index (χ3v) is 1.91. The maximum atomic E-state index is 11.3. The molecule has 0 bridgehead atoms. The molecule has 14 heavy (non-hydrogen) atoms. The first-order valence-corrected chi connectivity index (χ1v) is 4.67. The maximum absolute atomic E-state index is 11.3. The van der Waals surface area contributed by atoms with Gasteiger partial charge in [0.25, 0.3) is 5.91 Å². The first kappa shape index (κ1) is 10.8. The lowest BCUT2D eigenvalue weighted by atomic mass is 10.4. The molecular weight excluding hydrogens is 252 g/mol. The van der Waals surface area contributed by atoms with Gasteiger partial charge in [0.05, 0.1) is 6.54 Å². The van der Waals surface area contributed by atoms with Crippen molar-refractivity contribution in [2.75, 3.05) is 13.6 Å². The van der Waals surface area contributed by atoms with Gasteiger partial charge in [-0.25, -0.2) is 0 Å². The second kappa shape index (κ2) is 4.80. The van der Waals surface area contributed by atoms with Crippen molar-refractivity contribution >= 4 is 27.7 Å². The molecule has 1 aromatic heterocycles. The Morgan fingerprint density at radius 3 is 2.71 bits per heavy atom. The van der Waals surface area contributed by atoms with Gasteiger partial charge in [-0.1, -0.05) is 0 Å². The molecule has 1 rings (SSSR count). The quantitative estimate of drug-likeness (QED) is 0.833. The molecule has 6 heteroatoms. The van der Waals surface area contributed by atoms with Gasteiger partial charge in [-0.05, 0) is 28.1 Å². The summed E-state index contributed by atoms with van der Waals surface area (Å²) in [6, 6.07) is 3.12. The van der Waals surface area contributed by atoms with Crippen LogP contribution in [0.2, 0.25) is 0 Å². The summed E-state index contributed by atoms with van der Waals surface area (Å²) < 4.78 is 5.46. The topological polar surface area (TPSA) is 71.3 Å². The highest BCUT2D eigenvalue weighted by molar-refractivity contribution is 9.10. The van der Waals surface area contributed by atoms with Crippen LogP contribution in [0, 0.1) is 0 Å². The first-order valence-electron chi connectivity index (χ1n) is 3.87. The van der Waals surface area contributed by atoms with Gasteiger partial charge >= 0.3 is 0 Å². The van der Waals surface area contributed by atoms with E-state index in [1.807, 2.05) is 0 Å². The minimum absolute atomic E-state index is 0.0619. The summed E-state index contributed by atoms with van der Waals surface area (Å²) in [5, 5.41) is 4.78. The lowest BCUT2D eigenvalue weighted by molar-refractivity contribution is -0.119. The number of carbonyl (C=O) groups excluding carboxylic acids is 2. The molecule has 0 radical (unpaired) electrons. The van der Waals surface area contributed by atoms with Crippen LogP contribution < -0.4 is 10.6 Å². The SMILES string of the molecule is CNC(=O)CNC(=O)c1ccc(Br)o1. The number of carbonyl (C=O) groups is 2. The van der Waals surface area contributed by atoms with Crippen LogP contribution in [-0.4, -0.2) is 25.4 Å². The molecule has 76 valence electrons. The molecule has 5 nitrogen and oxygen atoms in total. The number of nitrogens with one attached hydrogen (secondary N) is 2. The highest BCUT2D eigenvalue weighted by Crippen LogP contribution is 2.13. The van der Waals surface area contributed by atoms with Crippen molar-refractivity contribution in [1.29, 1.82) is 0 Å². The molecule has 0 aromatic carbocycles. The Kier molecular flexibility index (Phi) is 3.70. The van der Waals surface area contributed by atoms with Gasteiger partial charge in [0.1, 0.15) is 0 Å². The summed E-state index contributed by atoms with van der Waals surface area (Å²) in [6.07, 6.45) is 0. The Balaban J connectivity index is 2.47. The van der Waals surface area contributed by atoms with E-state index >= 15 is 0 Å². The van der Waals surface area contributed by atoms with Crippen LogP contribution in [0.1, 0.15) is 10.6 Å². The fraction of sp³-hybridized carbons (Fsp3) is 0.250. The molecule has 0 unspecified atom stereocenters. The Morgan fingerprint density at radius 2 is 2.21 bits per heavy atom. The molecule has 2 amide bonds. The molecule has 0 aliphatic rings. The Labute approximate surface area is 89.0 Å². The van der Waals surface area contributed by atoms with Crippen molar-refractivity contribution in [3.63, 3.8) is 0 Å². The Bertz CT molecular complexity index is 348. The zero-order valence-corrected chi connectivity index (χ0v) is 9.05. The van der Waals surface area contributed by atoms with Gasteiger partial charge in [-0.3, -0.25) is 9.59 Å². The molecule has 0 fully saturated rings. The lowest BCUT2D eigenvalue weighted by Crippen LogP contribution is -2.34. The van der Waals surface area contributed by atoms with Crippen LogP contribution in [0.25, 0.3) is 0 Å².